The summed E-state index contributed by atoms with van der Waals surface area (Å²) in [4.78, 5) is 24.0. The fourth-order valence-electron chi connectivity index (χ4n) is 2.44. The minimum absolute atomic E-state index is 0.00735. The minimum atomic E-state index is -0.536. The van der Waals surface area contributed by atoms with E-state index in [0.29, 0.717) is 28.1 Å². The number of hydrazone groups is 1. The molecule has 0 heterocycles. The Morgan fingerprint density at radius 2 is 1.96 bits per heavy atom. The average molecular weight is 448 g/mol. The third kappa shape index (κ3) is 6.09. The van der Waals surface area contributed by atoms with Crippen LogP contribution in [0.3, 0.4) is 0 Å². The van der Waals surface area contributed by atoms with Crippen LogP contribution < -0.4 is 15.5 Å². The topological polar surface area (TPSA) is 100 Å². The molecule has 0 aliphatic carbocycles. The number of nitrogens with zero attached hydrogens (tertiary/aromatic N) is 1. The number of aryl methyl sites for hydroxylation is 1. The molecule has 0 aliphatic heterocycles. The van der Waals surface area contributed by atoms with E-state index in [1.165, 1.54) is 6.21 Å². The largest absolute Gasteiger partial charge is 0.503 e. The summed E-state index contributed by atoms with van der Waals surface area (Å²) in [6, 6.07) is 10.7. The van der Waals surface area contributed by atoms with Crippen LogP contribution in [0.1, 0.15) is 31.4 Å². The van der Waals surface area contributed by atoms with Gasteiger partial charge in [0.05, 0.1) is 17.3 Å². The first kappa shape index (κ1) is 21.4. The molecule has 0 saturated heterocycles. The molecule has 2 amide bonds. The van der Waals surface area contributed by atoms with Gasteiger partial charge in [-0.3, -0.25) is 9.59 Å². The SMILES string of the molecule is CCOc1cc(/C=N/NC(=O)CC(=O)Nc2ccccc2CC)cc(Br)c1O. The molecule has 0 aromatic heterocycles. The van der Waals surface area contributed by atoms with Gasteiger partial charge < -0.3 is 15.2 Å². The molecule has 0 unspecified atom stereocenters. The van der Waals surface area contributed by atoms with Crippen molar-refractivity contribution in [1.82, 2.24) is 5.43 Å². The summed E-state index contributed by atoms with van der Waals surface area (Å²) >= 11 is 3.23. The number of phenols is 1. The molecule has 0 radical (unpaired) electrons. The van der Waals surface area contributed by atoms with E-state index in [2.05, 4.69) is 31.8 Å². The van der Waals surface area contributed by atoms with E-state index in [0.717, 1.165) is 12.0 Å². The highest BCUT2D eigenvalue weighted by Gasteiger charge is 2.11. The van der Waals surface area contributed by atoms with Gasteiger partial charge in [0, 0.05) is 5.69 Å². The summed E-state index contributed by atoms with van der Waals surface area (Å²) in [6.45, 7) is 4.19. The second-order valence-corrected chi connectivity index (χ2v) is 6.67. The van der Waals surface area contributed by atoms with Gasteiger partial charge in [0.1, 0.15) is 6.42 Å². The lowest BCUT2D eigenvalue weighted by atomic mass is 10.1. The van der Waals surface area contributed by atoms with Crippen LogP contribution in [-0.4, -0.2) is 29.7 Å². The number of phenolic OH excluding ortho intramolecular Hbond substituents is 1. The molecule has 148 valence electrons. The normalized spacial score (nSPS) is 10.7. The van der Waals surface area contributed by atoms with E-state index in [1.54, 1.807) is 25.1 Å². The molecule has 0 fully saturated rings. The number of nitrogens with one attached hydrogen (secondary N) is 2. The van der Waals surface area contributed by atoms with E-state index in [4.69, 9.17) is 4.74 Å². The third-order valence-electron chi connectivity index (χ3n) is 3.75. The molecule has 0 aliphatic rings. The van der Waals surface area contributed by atoms with Crippen molar-refractivity contribution in [3.63, 3.8) is 0 Å². The summed E-state index contributed by atoms with van der Waals surface area (Å²) in [5.41, 5.74) is 4.61. The number of hydrogen-bond acceptors (Lipinski definition) is 5. The Bertz CT molecular complexity index is 884. The quantitative estimate of drug-likeness (QED) is 0.327. The number of benzene rings is 2. The van der Waals surface area contributed by atoms with Gasteiger partial charge >= 0.3 is 0 Å². The summed E-state index contributed by atoms with van der Waals surface area (Å²) in [5, 5.41) is 16.5. The van der Waals surface area contributed by atoms with Gasteiger partial charge in [-0.05, 0) is 58.6 Å². The van der Waals surface area contributed by atoms with Gasteiger partial charge in [0.2, 0.25) is 11.8 Å². The van der Waals surface area contributed by atoms with Gasteiger partial charge in [0.15, 0.2) is 11.5 Å². The van der Waals surface area contributed by atoms with E-state index < -0.39 is 11.8 Å². The van der Waals surface area contributed by atoms with Crippen LogP contribution in [-0.2, 0) is 16.0 Å². The number of para-hydroxylation sites is 1. The molecule has 0 saturated carbocycles. The number of carbonyl (C=O) groups excluding carboxylic acids is 2. The Kier molecular flexibility index (Phi) is 8.01. The van der Waals surface area contributed by atoms with Crippen LogP contribution >= 0.6 is 15.9 Å². The smallest absolute Gasteiger partial charge is 0.249 e. The highest BCUT2D eigenvalue weighted by molar-refractivity contribution is 9.10. The molecule has 28 heavy (non-hydrogen) atoms. The molecule has 0 bridgehead atoms. The number of carbonyl (C=O) groups is 2. The van der Waals surface area contributed by atoms with Gasteiger partial charge in [-0.1, -0.05) is 25.1 Å². The number of amides is 2. The molecule has 2 rings (SSSR count). The zero-order valence-corrected chi connectivity index (χ0v) is 17.2. The monoisotopic (exact) mass is 447 g/mol. The van der Waals surface area contributed by atoms with Crippen LogP contribution in [0, 0.1) is 0 Å². The fraction of sp³-hybridized carbons (Fsp3) is 0.250. The highest BCUT2D eigenvalue weighted by Crippen LogP contribution is 2.35. The van der Waals surface area contributed by atoms with Gasteiger partial charge in [-0.25, -0.2) is 5.43 Å². The van der Waals surface area contributed by atoms with Crippen LogP contribution in [0.2, 0.25) is 0 Å². The molecular weight excluding hydrogens is 426 g/mol. The maximum absolute atomic E-state index is 12.0. The predicted octanol–water partition coefficient (Wildman–Crippen LogP) is 3.59. The Hall–Kier alpha value is -2.87. The van der Waals surface area contributed by atoms with Crippen molar-refractivity contribution in [2.45, 2.75) is 26.7 Å². The lowest BCUT2D eigenvalue weighted by Gasteiger charge is -2.09. The molecule has 2 aromatic rings. The van der Waals surface area contributed by atoms with Crippen LogP contribution in [0.5, 0.6) is 11.5 Å². The minimum Gasteiger partial charge on any atom is -0.503 e. The van der Waals surface area contributed by atoms with Crippen LogP contribution in [0.15, 0.2) is 46.0 Å². The van der Waals surface area contributed by atoms with Crippen LogP contribution in [0.25, 0.3) is 0 Å². The predicted molar refractivity (Wildman–Crippen MR) is 112 cm³/mol. The van der Waals surface area contributed by atoms with Gasteiger partial charge in [-0.2, -0.15) is 5.10 Å². The molecule has 0 atom stereocenters. The van der Waals surface area contributed by atoms with Crippen molar-refractivity contribution < 1.29 is 19.4 Å². The molecule has 7 nitrogen and oxygen atoms in total. The maximum atomic E-state index is 12.0. The summed E-state index contributed by atoms with van der Waals surface area (Å²) in [6.07, 6.45) is 1.83. The fourth-order valence-corrected chi connectivity index (χ4v) is 2.90. The number of rotatable bonds is 8. The lowest BCUT2D eigenvalue weighted by molar-refractivity contribution is -0.126. The highest BCUT2D eigenvalue weighted by atomic mass is 79.9. The average Bonchev–Trinajstić information content (AvgIpc) is 2.66. The first-order valence-corrected chi connectivity index (χ1v) is 9.58. The summed E-state index contributed by atoms with van der Waals surface area (Å²) in [7, 11) is 0. The number of ether oxygens (including phenoxy) is 1. The molecule has 2 aromatic carbocycles. The third-order valence-corrected chi connectivity index (χ3v) is 4.35. The summed E-state index contributed by atoms with van der Waals surface area (Å²) < 4.78 is 5.78. The maximum Gasteiger partial charge on any atom is 0.249 e. The van der Waals surface area contributed by atoms with Gasteiger partial charge in [-0.15, -0.1) is 0 Å². The van der Waals surface area contributed by atoms with Crippen molar-refractivity contribution in [2.75, 3.05) is 11.9 Å². The molecule has 3 N–H and O–H groups in total. The Balaban J connectivity index is 1.92. The van der Waals surface area contributed by atoms with Crippen molar-refractivity contribution in [1.29, 1.82) is 0 Å². The van der Waals surface area contributed by atoms with Gasteiger partial charge in [0.25, 0.3) is 0 Å². The van der Waals surface area contributed by atoms with E-state index in [-0.39, 0.29) is 12.2 Å². The van der Waals surface area contributed by atoms with Crippen molar-refractivity contribution in [3.8, 4) is 11.5 Å². The van der Waals surface area contributed by atoms with E-state index in [1.807, 2.05) is 25.1 Å². The molecular formula is C20H22BrN3O4. The molecule has 0 spiro atoms. The van der Waals surface area contributed by atoms with E-state index >= 15 is 0 Å². The van der Waals surface area contributed by atoms with Crippen molar-refractivity contribution in [2.24, 2.45) is 5.10 Å². The van der Waals surface area contributed by atoms with Crippen LogP contribution in [0.4, 0.5) is 5.69 Å². The Morgan fingerprint density at radius 3 is 2.68 bits per heavy atom. The number of anilines is 1. The number of halogens is 1. The first-order valence-electron chi connectivity index (χ1n) is 8.79. The Morgan fingerprint density at radius 1 is 1.21 bits per heavy atom. The lowest BCUT2D eigenvalue weighted by Crippen LogP contribution is -2.25. The summed E-state index contributed by atoms with van der Waals surface area (Å²) in [5.74, 6) is -0.657. The zero-order chi connectivity index (χ0) is 20.5. The molecule has 8 heteroatoms. The first-order chi connectivity index (χ1) is 13.4. The second kappa shape index (κ2) is 10.5. The van der Waals surface area contributed by atoms with E-state index in [9.17, 15) is 14.7 Å². The van der Waals surface area contributed by atoms with Crippen molar-refractivity contribution in [3.05, 3.63) is 52.0 Å². The van der Waals surface area contributed by atoms with Crippen molar-refractivity contribution >= 4 is 39.6 Å². The standard InChI is InChI=1S/C20H22BrN3O4/c1-3-14-7-5-6-8-16(14)23-18(25)11-19(26)24-22-12-13-9-15(21)20(27)17(10-13)28-4-2/h5-10,12,27H,3-4,11H2,1-2H3,(H,23,25)(H,24,26)/b22-12+. The number of hydrogen-bond donors (Lipinski definition) is 3. The number of aromatic hydroxyl groups is 1. The zero-order valence-electron chi connectivity index (χ0n) is 15.7. The Labute approximate surface area is 171 Å². The second-order valence-electron chi connectivity index (χ2n) is 5.81.